The van der Waals surface area contributed by atoms with Crippen LogP contribution in [0, 0.1) is 0 Å². The SMILES string of the molecule is COc1ccc(S(=O)(=O)N(C)c2cccc3cn[nH]c23)cc1. The lowest BCUT2D eigenvalue weighted by Gasteiger charge is -2.20. The number of sulfonamides is 1. The second kappa shape index (κ2) is 5.34. The van der Waals surface area contributed by atoms with Gasteiger partial charge in [-0.25, -0.2) is 8.42 Å². The van der Waals surface area contributed by atoms with Crippen LogP contribution >= 0.6 is 0 Å². The highest BCUT2D eigenvalue weighted by atomic mass is 32.2. The molecule has 3 rings (SSSR count). The second-order valence-electron chi connectivity index (χ2n) is 4.76. The fraction of sp³-hybridized carbons (Fsp3) is 0.133. The van der Waals surface area contributed by atoms with Crippen LogP contribution in [0.15, 0.2) is 53.6 Å². The highest BCUT2D eigenvalue weighted by molar-refractivity contribution is 7.92. The lowest BCUT2D eigenvalue weighted by atomic mass is 10.2. The van der Waals surface area contributed by atoms with Gasteiger partial charge in [-0.3, -0.25) is 9.40 Å². The van der Waals surface area contributed by atoms with Crippen LogP contribution in [-0.2, 0) is 10.0 Å². The number of nitrogens with one attached hydrogen (secondary N) is 1. The molecule has 0 unspecified atom stereocenters. The summed E-state index contributed by atoms with van der Waals surface area (Å²) in [5.41, 5.74) is 1.23. The zero-order valence-corrected chi connectivity index (χ0v) is 13.0. The maximum atomic E-state index is 12.7. The normalized spacial score (nSPS) is 11.5. The molecule has 6 nitrogen and oxygen atoms in total. The maximum Gasteiger partial charge on any atom is 0.264 e. The molecule has 0 saturated heterocycles. The number of methoxy groups -OCH3 is 1. The van der Waals surface area contributed by atoms with Crippen molar-refractivity contribution in [1.82, 2.24) is 10.2 Å². The first-order valence-corrected chi connectivity index (χ1v) is 8.03. The number of H-pyrrole nitrogens is 1. The first-order chi connectivity index (χ1) is 10.5. The van der Waals surface area contributed by atoms with Crippen LogP contribution in [-0.4, -0.2) is 32.8 Å². The third-order valence-corrected chi connectivity index (χ3v) is 5.30. The van der Waals surface area contributed by atoms with Crippen molar-refractivity contribution in [3.05, 3.63) is 48.7 Å². The molecule has 0 aliphatic carbocycles. The third-order valence-electron chi connectivity index (χ3n) is 3.51. The molecule has 0 bridgehead atoms. The van der Waals surface area contributed by atoms with Gasteiger partial charge in [0.05, 0.1) is 29.4 Å². The van der Waals surface area contributed by atoms with E-state index in [1.807, 2.05) is 6.07 Å². The van der Waals surface area contributed by atoms with E-state index < -0.39 is 10.0 Å². The highest BCUT2D eigenvalue weighted by Crippen LogP contribution is 2.28. The third kappa shape index (κ3) is 2.29. The summed E-state index contributed by atoms with van der Waals surface area (Å²) in [6.07, 6.45) is 1.66. The second-order valence-corrected chi connectivity index (χ2v) is 6.73. The summed E-state index contributed by atoms with van der Waals surface area (Å²) >= 11 is 0. The largest absolute Gasteiger partial charge is 0.497 e. The monoisotopic (exact) mass is 317 g/mol. The van der Waals surface area contributed by atoms with E-state index in [-0.39, 0.29) is 4.90 Å². The Balaban J connectivity index is 2.06. The summed E-state index contributed by atoms with van der Waals surface area (Å²) in [4.78, 5) is 0.201. The van der Waals surface area contributed by atoms with Crippen molar-refractivity contribution >= 4 is 26.6 Å². The molecule has 1 heterocycles. The van der Waals surface area contributed by atoms with Crippen molar-refractivity contribution in [2.24, 2.45) is 0 Å². The van der Waals surface area contributed by atoms with E-state index in [1.165, 1.54) is 30.6 Å². The van der Waals surface area contributed by atoms with E-state index in [9.17, 15) is 8.42 Å². The van der Waals surface area contributed by atoms with Gasteiger partial charge in [-0.05, 0) is 30.3 Å². The van der Waals surface area contributed by atoms with Gasteiger partial charge in [-0.15, -0.1) is 0 Å². The molecule has 0 aliphatic rings. The number of aromatic amines is 1. The fourth-order valence-corrected chi connectivity index (χ4v) is 3.46. The number of fused-ring (bicyclic) bond motifs is 1. The minimum Gasteiger partial charge on any atom is -0.497 e. The molecule has 0 aliphatic heterocycles. The Labute approximate surface area is 128 Å². The molecule has 114 valence electrons. The number of hydrogen-bond donors (Lipinski definition) is 1. The van der Waals surface area contributed by atoms with Gasteiger partial charge in [-0.1, -0.05) is 12.1 Å². The Kier molecular flexibility index (Phi) is 3.50. The number of ether oxygens (including phenoxy) is 1. The summed E-state index contributed by atoms with van der Waals surface area (Å²) in [6.45, 7) is 0. The molecule has 0 radical (unpaired) electrons. The number of benzene rings is 2. The van der Waals surface area contributed by atoms with Gasteiger partial charge < -0.3 is 4.74 Å². The number of para-hydroxylation sites is 1. The molecule has 0 fully saturated rings. The summed E-state index contributed by atoms with van der Waals surface area (Å²) in [7, 11) is -0.597. The predicted molar refractivity (Wildman–Crippen MR) is 84.7 cm³/mol. The Morgan fingerprint density at radius 2 is 1.86 bits per heavy atom. The Bertz CT molecular complexity index is 901. The summed E-state index contributed by atoms with van der Waals surface area (Å²) in [6, 6.07) is 11.7. The standard InChI is InChI=1S/C15H15N3O3S/c1-18(14-5-3-4-11-10-16-17-15(11)14)22(19,20)13-8-6-12(21-2)7-9-13/h3-10H,1-2H3,(H,16,17). The lowest BCUT2D eigenvalue weighted by molar-refractivity contribution is 0.414. The van der Waals surface area contributed by atoms with E-state index in [0.717, 1.165) is 5.39 Å². The van der Waals surface area contributed by atoms with Crippen LogP contribution in [0.2, 0.25) is 0 Å². The van der Waals surface area contributed by atoms with E-state index in [1.54, 1.807) is 30.5 Å². The Morgan fingerprint density at radius 1 is 1.14 bits per heavy atom. The molecule has 1 N–H and O–H groups in total. The zero-order chi connectivity index (χ0) is 15.7. The molecule has 22 heavy (non-hydrogen) atoms. The molecule has 1 aromatic heterocycles. The first-order valence-electron chi connectivity index (χ1n) is 6.59. The van der Waals surface area contributed by atoms with Gasteiger partial charge in [0.1, 0.15) is 5.75 Å². The number of rotatable bonds is 4. The van der Waals surface area contributed by atoms with Gasteiger partial charge in [0.2, 0.25) is 0 Å². The van der Waals surface area contributed by atoms with Gasteiger partial charge in [-0.2, -0.15) is 5.10 Å². The Morgan fingerprint density at radius 3 is 2.55 bits per heavy atom. The predicted octanol–water partition coefficient (Wildman–Crippen LogP) is 2.40. The number of nitrogens with zero attached hydrogens (tertiary/aromatic N) is 2. The average molecular weight is 317 g/mol. The maximum absolute atomic E-state index is 12.7. The molecule has 2 aromatic carbocycles. The van der Waals surface area contributed by atoms with E-state index >= 15 is 0 Å². The van der Waals surface area contributed by atoms with Crippen molar-refractivity contribution in [2.45, 2.75) is 4.90 Å². The van der Waals surface area contributed by atoms with E-state index in [0.29, 0.717) is 17.0 Å². The molecule has 0 atom stereocenters. The van der Waals surface area contributed by atoms with E-state index in [2.05, 4.69) is 10.2 Å². The number of anilines is 1. The molecule has 0 amide bonds. The topological polar surface area (TPSA) is 75.3 Å². The molecule has 0 spiro atoms. The van der Waals surface area contributed by atoms with Gasteiger partial charge >= 0.3 is 0 Å². The van der Waals surface area contributed by atoms with Gasteiger partial charge in [0.15, 0.2) is 0 Å². The molecule has 7 heteroatoms. The first kappa shape index (κ1) is 14.4. The van der Waals surface area contributed by atoms with Gasteiger partial charge in [0, 0.05) is 12.4 Å². The average Bonchev–Trinajstić information content (AvgIpc) is 3.02. The van der Waals surface area contributed by atoms with Crippen LogP contribution < -0.4 is 9.04 Å². The molecule has 0 saturated carbocycles. The lowest BCUT2D eigenvalue weighted by Crippen LogP contribution is -2.26. The van der Waals surface area contributed by atoms with Crippen LogP contribution in [0.25, 0.3) is 10.9 Å². The van der Waals surface area contributed by atoms with Crippen LogP contribution in [0.1, 0.15) is 0 Å². The minimum absolute atomic E-state index is 0.201. The Hall–Kier alpha value is -2.54. The van der Waals surface area contributed by atoms with Crippen molar-refractivity contribution in [2.75, 3.05) is 18.5 Å². The van der Waals surface area contributed by atoms with Crippen molar-refractivity contribution in [1.29, 1.82) is 0 Å². The molecule has 3 aromatic rings. The quantitative estimate of drug-likeness (QED) is 0.802. The van der Waals surface area contributed by atoms with E-state index in [4.69, 9.17) is 4.74 Å². The number of aromatic nitrogens is 2. The number of hydrogen-bond acceptors (Lipinski definition) is 4. The summed E-state index contributed by atoms with van der Waals surface area (Å²) < 4.78 is 31.8. The van der Waals surface area contributed by atoms with Crippen molar-refractivity contribution in [3.63, 3.8) is 0 Å². The van der Waals surface area contributed by atoms with Crippen LogP contribution in [0.3, 0.4) is 0 Å². The zero-order valence-electron chi connectivity index (χ0n) is 12.1. The van der Waals surface area contributed by atoms with Crippen LogP contribution in [0.4, 0.5) is 5.69 Å². The highest BCUT2D eigenvalue weighted by Gasteiger charge is 2.23. The van der Waals surface area contributed by atoms with Crippen molar-refractivity contribution in [3.8, 4) is 5.75 Å². The van der Waals surface area contributed by atoms with Crippen molar-refractivity contribution < 1.29 is 13.2 Å². The molecular weight excluding hydrogens is 302 g/mol. The summed E-state index contributed by atoms with van der Waals surface area (Å²) in [5, 5.41) is 7.65. The minimum atomic E-state index is -3.66. The van der Waals surface area contributed by atoms with Crippen LogP contribution in [0.5, 0.6) is 5.75 Å². The summed E-state index contributed by atoms with van der Waals surface area (Å²) in [5.74, 6) is 0.609. The smallest absolute Gasteiger partial charge is 0.264 e. The fourth-order valence-electron chi connectivity index (χ4n) is 2.25. The van der Waals surface area contributed by atoms with Gasteiger partial charge in [0.25, 0.3) is 10.0 Å². The molecular formula is C15H15N3O3S.